The van der Waals surface area contributed by atoms with Crippen LogP contribution >= 0.6 is 0 Å². The number of allylic oxidation sites excluding steroid dienone is 2. The van der Waals surface area contributed by atoms with Gasteiger partial charge in [-0.15, -0.1) is 0 Å². The van der Waals surface area contributed by atoms with Crippen molar-refractivity contribution in [1.29, 1.82) is 0 Å². The fraction of sp³-hybridized carbons (Fsp3) is 0.250. The van der Waals surface area contributed by atoms with Crippen molar-refractivity contribution < 1.29 is 4.79 Å². The van der Waals surface area contributed by atoms with Crippen LogP contribution in [0.25, 0.3) is 0 Å². The fourth-order valence-corrected chi connectivity index (χ4v) is 2.96. The Morgan fingerprint density at radius 3 is 1.91 bits per heavy atom. The second-order valence-corrected chi connectivity index (χ2v) is 5.46. The first-order chi connectivity index (χ1) is 10.7. The molecule has 2 nitrogen and oxygen atoms in total. The van der Waals surface area contributed by atoms with Crippen LogP contribution in [-0.4, -0.2) is 5.91 Å². The highest BCUT2D eigenvalue weighted by Crippen LogP contribution is 2.37. The zero-order chi connectivity index (χ0) is 15.8. The molecule has 2 heteroatoms. The van der Waals surface area contributed by atoms with E-state index in [1.54, 1.807) is 0 Å². The standard InChI is InChI=1S/C20H23NO/c1-2-3-4-11-16-20(19(21)22,17-12-7-5-8-13-17)18-14-9-6-10-15-18/h2-3,5-10,12-15H,4,11,16H2,1H3,(H2,21,22). The molecule has 2 rings (SSSR count). The van der Waals surface area contributed by atoms with Gasteiger partial charge in [-0.1, -0.05) is 72.8 Å². The fourth-order valence-electron chi connectivity index (χ4n) is 2.96. The van der Waals surface area contributed by atoms with Crippen LogP contribution in [0, 0.1) is 0 Å². The van der Waals surface area contributed by atoms with Crippen molar-refractivity contribution in [3.8, 4) is 0 Å². The first-order valence-corrected chi connectivity index (χ1v) is 7.74. The third-order valence-electron chi connectivity index (χ3n) is 4.11. The predicted octanol–water partition coefficient (Wildman–Crippen LogP) is 4.20. The molecule has 0 heterocycles. The maximum Gasteiger partial charge on any atom is 0.232 e. The molecule has 0 fully saturated rings. The molecule has 0 saturated heterocycles. The van der Waals surface area contributed by atoms with Gasteiger partial charge in [-0.3, -0.25) is 4.79 Å². The minimum Gasteiger partial charge on any atom is -0.369 e. The van der Waals surface area contributed by atoms with Gasteiger partial charge in [0.1, 0.15) is 0 Å². The quantitative estimate of drug-likeness (QED) is 0.603. The van der Waals surface area contributed by atoms with E-state index in [-0.39, 0.29) is 5.91 Å². The molecule has 0 aliphatic rings. The summed E-state index contributed by atoms with van der Waals surface area (Å²) in [5.41, 5.74) is 7.07. The lowest BCUT2D eigenvalue weighted by Crippen LogP contribution is -2.42. The zero-order valence-electron chi connectivity index (χ0n) is 13.0. The van der Waals surface area contributed by atoms with Crippen molar-refractivity contribution in [3.05, 3.63) is 83.9 Å². The molecular formula is C20H23NO. The van der Waals surface area contributed by atoms with Crippen LogP contribution in [0.3, 0.4) is 0 Å². The number of benzene rings is 2. The number of carbonyl (C=O) groups excluding carboxylic acids is 1. The van der Waals surface area contributed by atoms with Crippen molar-refractivity contribution in [2.24, 2.45) is 5.73 Å². The molecule has 0 atom stereocenters. The van der Waals surface area contributed by atoms with Gasteiger partial charge in [-0.25, -0.2) is 0 Å². The highest BCUT2D eigenvalue weighted by Gasteiger charge is 2.39. The number of primary amides is 1. The van der Waals surface area contributed by atoms with E-state index in [2.05, 4.69) is 6.08 Å². The van der Waals surface area contributed by atoms with E-state index in [1.807, 2.05) is 73.7 Å². The topological polar surface area (TPSA) is 43.1 Å². The average Bonchev–Trinajstić information content (AvgIpc) is 2.56. The van der Waals surface area contributed by atoms with E-state index in [0.29, 0.717) is 6.42 Å². The molecule has 114 valence electrons. The molecule has 0 bridgehead atoms. The molecule has 0 aromatic heterocycles. The molecule has 0 radical (unpaired) electrons. The molecule has 1 amide bonds. The summed E-state index contributed by atoms with van der Waals surface area (Å²) in [6.07, 6.45) is 6.74. The van der Waals surface area contributed by atoms with Gasteiger partial charge in [-0.05, 0) is 37.3 Å². The Balaban J connectivity index is 2.48. The third-order valence-corrected chi connectivity index (χ3v) is 4.11. The smallest absolute Gasteiger partial charge is 0.232 e. The summed E-state index contributed by atoms with van der Waals surface area (Å²) in [5, 5.41) is 0. The minimum absolute atomic E-state index is 0.287. The average molecular weight is 293 g/mol. The van der Waals surface area contributed by atoms with Gasteiger partial charge >= 0.3 is 0 Å². The lowest BCUT2D eigenvalue weighted by atomic mass is 9.70. The molecule has 0 aliphatic heterocycles. The number of carbonyl (C=O) groups is 1. The SMILES string of the molecule is CC=CCCCC(C(N)=O)(c1ccccc1)c1ccccc1. The van der Waals surface area contributed by atoms with Crippen LogP contribution in [0.15, 0.2) is 72.8 Å². The lowest BCUT2D eigenvalue weighted by molar-refractivity contribution is -0.122. The Hall–Kier alpha value is -2.35. The van der Waals surface area contributed by atoms with Crippen molar-refractivity contribution in [2.75, 3.05) is 0 Å². The molecule has 2 aromatic rings. The molecule has 0 spiro atoms. The Morgan fingerprint density at radius 1 is 1.00 bits per heavy atom. The van der Waals surface area contributed by atoms with Gasteiger partial charge in [0.2, 0.25) is 5.91 Å². The van der Waals surface area contributed by atoms with E-state index >= 15 is 0 Å². The van der Waals surface area contributed by atoms with Crippen LogP contribution in [0.1, 0.15) is 37.3 Å². The van der Waals surface area contributed by atoms with Crippen molar-refractivity contribution in [2.45, 2.75) is 31.6 Å². The number of unbranched alkanes of at least 4 members (excludes halogenated alkanes) is 1. The summed E-state index contributed by atoms with van der Waals surface area (Å²) in [7, 11) is 0. The largest absolute Gasteiger partial charge is 0.369 e. The van der Waals surface area contributed by atoms with Crippen LogP contribution < -0.4 is 5.73 Å². The Morgan fingerprint density at radius 2 is 1.50 bits per heavy atom. The zero-order valence-corrected chi connectivity index (χ0v) is 13.0. The lowest BCUT2D eigenvalue weighted by Gasteiger charge is -2.32. The number of hydrogen-bond donors (Lipinski definition) is 1. The minimum atomic E-state index is -0.760. The Labute approximate surface area is 132 Å². The van der Waals surface area contributed by atoms with Gasteiger partial charge in [-0.2, -0.15) is 0 Å². The van der Waals surface area contributed by atoms with E-state index in [4.69, 9.17) is 5.73 Å². The second-order valence-electron chi connectivity index (χ2n) is 5.46. The van der Waals surface area contributed by atoms with Crippen molar-refractivity contribution >= 4 is 5.91 Å². The number of amides is 1. The number of hydrogen-bond acceptors (Lipinski definition) is 1. The van der Waals surface area contributed by atoms with Gasteiger partial charge in [0.05, 0.1) is 5.41 Å². The Bertz CT molecular complexity index is 577. The Kier molecular flexibility index (Phi) is 5.54. The first kappa shape index (κ1) is 16.0. The molecule has 22 heavy (non-hydrogen) atoms. The van der Waals surface area contributed by atoms with E-state index < -0.39 is 5.41 Å². The molecular weight excluding hydrogens is 270 g/mol. The summed E-state index contributed by atoms with van der Waals surface area (Å²) >= 11 is 0. The number of rotatable bonds is 7. The van der Waals surface area contributed by atoms with E-state index in [9.17, 15) is 4.79 Å². The maximum atomic E-state index is 12.5. The normalized spacial score (nSPS) is 11.7. The molecule has 2 N–H and O–H groups in total. The molecule has 0 aliphatic carbocycles. The maximum absolute atomic E-state index is 12.5. The molecule has 2 aromatic carbocycles. The van der Waals surface area contributed by atoms with Gasteiger partial charge in [0.25, 0.3) is 0 Å². The van der Waals surface area contributed by atoms with Crippen molar-refractivity contribution in [1.82, 2.24) is 0 Å². The summed E-state index contributed by atoms with van der Waals surface area (Å²) in [6.45, 7) is 2.01. The summed E-state index contributed by atoms with van der Waals surface area (Å²) in [4.78, 5) is 12.5. The van der Waals surface area contributed by atoms with Crippen LogP contribution in [0.5, 0.6) is 0 Å². The van der Waals surface area contributed by atoms with Gasteiger partial charge in [0, 0.05) is 0 Å². The summed E-state index contributed by atoms with van der Waals surface area (Å²) in [5.74, 6) is -0.287. The van der Waals surface area contributed by atoms with Crippen LogP contribution in [-0.2, 0) is 10.2 Å². The number of nitrogens with two attached hydrogens (primary N) is 1. The van der Waals surface area contributed by atoms with Crippen LogP contribution in [0.2, 0.25) is 0 Å². The first-order valence-electron chi connectivity index (χ1n) is 7.74. The third kappa shape index (κ3) is 3.28. The van der Waals surface area contributed by atoms with Crippen molar-refractivity contribution in [3.63, 3.8) is 0 Å². The highest BCUT2D eigenvalue weighted by molar-refractivity contribution is 5.90. The summed E-state index contributed by atoms with van der Waals surface area (Å²) in [6, 6.07) is 19.7. The van der Waals surface area contributed by atoms with E-state index in [0.717, 1.165) is 24.0 Å². The molecule has 0 saturated carbocycles. The van der Waals surface area contributed by atoms with E-state index in [1.165, 1.54) is 0 Å². The van der Waals surface area contributed by atoms with Crippen LogP contribution in [0.4, 0.5) is 0 Å². The predicted molar refractivity (Wildman–Crippen MR) is 91.5 cm³/mol. The molecule has 0 unspecified atom stereocenters. The second kappa shape index (κ2) is 7.60. The summed E-state index contributed by atoms with van der Waals surface area (Å²) < 4.78 is 0. The monoisotopic (exact) mass is 293 g/mol. The highest BCUT2D eigenvalue weighted by atomic mass is 16.1. The van der Waals surface area contributed by atoms with Gasteiger partial charge in [0.15, 0.2) is 0 Å². The van der Waals surface area contributed by atoms with Gasteiger partial charge < -0.3 is 5.73 Å².